The first-order chi connectivity index (χ1) is 11.9. The van der Waals surface area contributed by atoms with Crippen molar-refractivity contribution in [2.24, 2.45) is 0 Å². The molecular formula is C19H25NO4S. The monoisotopic (exact) mass is 363 g/mol. The molecule has 0 bridgehead atoms. The number of hydrogen-bond acceptors (Lipinski definition) is 4. The molecule has 1 unspecified atom stereocenters. The number of aliphatic hydroxyl groups excluding tert-OH is 1. The van der Waals surface area contributed by atoms with E-state index in [4.69, 9.17) is 4.74 Å². The van der Waals surface area contributed by atoms with Gasteiger partial charge in [-0.05, 0) is 36.1 Å². The normalized spacial score (nSPS) is 13.0. The van der Waals surface area contributed by atoms with E-state index < -0.39 is 16.1 Å². The second-order valence-corrected chi connectivity index (χ2v) is 8.17. The SMILES string of the molecule is COc1cccc(C(O)CN(C)S(=O)(=O)CCCc2ccccc2)c1. The minimum atomic E-state index is -3.41. The maximum absolute atomic E-state index is 12.4. The quantitative estimate of drug-likeness (QED) is 0.744. The van der Waals surface area contributed by atoms with E-state index in [1.165, 1.54) is 11.4 Å². The van der Waals surface area contributed by atoms with E-state index in [0.29, 0.717) is 24.2 Å². The maximum Gasteiger partial charge on any atom is 0.213 e. The lowest BCUT2D eigenvalue weighted by atomic mass is 10.1. The summed E-state index contributed by atoms with van der Waals surface area (Å²) in [6, 6.07) is 16.8. The van der Waals surface area contributed by atoms with Crippen LogP contribution in [-0.4, -0.2) is 44.3 Å². The summed E-state index contributed by atoms with van der Waals surface area (Å²) in [5.74, 6) is 0.688. The third-order valence-electron chi connectivity index (χ3n) is 4.09. The molecule has 0 aromatic heterocycles. The number of aryl methyl sites for hydroxylation is 1. The van der Waals surface area contributed by atoms with Crippen LogP contribution in [0, 0.1) is 0 Å². The summed E-state index contributed by atoms with van der Waals surface area (Å²) in [5, 5.41) is 10.3. The molecule has 0 saturated heterocycles. The van der Waals surface area contributed by atoms with Crippen molar-refractivity contribution in [3.8, 4) is 5.75 Å². The number of sulfonamides is 1. The standard InChI is InChI=1S/C19H25NO4S/c1-20(15-19(21)17-11-6-12-18(14-17)24-2)25(22,23)13-7-10-16-8-4-3-5-9-16/h3-6,8-9,11-12,14,19,21H,7,10,13,15H2,1-2H3. The van der Waals surface area contributed by atoms with Crippen molar-refractivity contribution in [3.63, 3.8) is 0 Å². The first-order valence-corrected chi connectivity index (χ1v) is 9.83. The van der Waals surface area contributed by atoms with E-state index in [1.807, 2.05) is 30.3 Å². The lowest BCUT2D eigenvalue weighted by Crippen LogP contribution is -2.33. The van der Waals surface area contributed by atoms with E-state index in [-0.39, 0.29) is 12.3 Å². The smallest absolute Gasteiger partial charge is 0.213 e. The number of benzene rings is 2. The lowest BCUT2D eigenvalue weighted by molar-refractivity contribution is 0.154. The van der Waals surface area contributed by atoms with Crippen LogP contribution in [0.4, 0.5) is 0 Å². The van der Waals surface area contributed by atoms with Crippen molar-refractivity contribution in [1.82, 2.24) is 4.31 Å². The molecule has 0 saturated carbocycles. The molecule has 25 heavy (non-hydrogen) atoms. The molecule has 0 aliphatic heterocycles. The zero-order valence-corrected chi connectivity index (χ0v) is 15.4. The second-order valence-electron chi connectivity index (χ2n) is 5.98. The second kappa shape index (κ2) is 8.99. The topological polar surface area (TPSA) is 66.8 Å². The average Bonchev–Trinajstić information content (AvgIpc) is 2.62. The van der Waals surface area contributed by atoms with Gasteiger partial charge in [-0.2, -0.15) is 0 Å². The summed E-state index contributed by atoms with van der Waals surface area (Å²) in [6.45, 7) is 0.0147. The van der Waals surface area contributed by atoms with Crippen LogP contribution in [0.3, 0.4) is 0 Å². The molecule has 0 heterocycles. The zero-order chi connectivity index (χ0) is 18.3. The fourth-order valence-electron chi connectivity index (χ4n) is 2.57. The number of hydrogen-bond donors (Lipinski definition) is 1. The molecule has 0 fully saturated rings. The Hall–Kier alpha value is -1.89. The fraction of sp³-hybridized carbons (Fsp3) is 0.368. The van der Waals surface area contributed by atoms with E-state index in [1.54, 1.807) is 31.4 Å². The minimum absolute atomic E-state index is 0.0147. The van der Waals surface area contributed by atoms with Crippen molar-refractivity contribution < 1.29 is 18.3 Å². The predicted molar refractivity (Wildman–Crippen MR) is 99.1 cm³/mol. The van der Waals surface area contributed by atoms with Crippen LogP contribution in [0.1, 0.15) is 23.7 Å². The van der Waals surface area contributed by atoms with Gasteiger partial charge in [-0.1, -0.05) is 42.5 Å². The number of aliphatic hydroxyl groups is 1. The van der Waals surface area contributed by atoms with Crippen molar-refractivity contribution in [2.45, 2.75) is 18.9 Å². The molecule has 0 aliphatic rings. The Morgan fingerprint density at radius 1 is 1.12 bits per heavy atom. The Balaban J connectivity index is 1.90. The molecule has 2 aromatic carbocycles. The number of rotatable bonds is 9. The summed E-state index contributed by atoms with van der Waals surface area (Å²) in [4.78, 5) is 0. The van der Waals surface area contributed by atoms with Gasteiger partial charge in [0.15, 0.2) is 0 Å². The van der Waals surface area contributed by atoms with E-state index in [2.05, 4.69) is 0 Å². The maximum atomic E-state index is 12.4. The summed E-state index contributed by atoms with van der Waals surface area (Å²) < 4.78 is 31.2. The fourth-order valence-corrected chi connectivity index (χ4v) is 3.76. The molecule has 1 N–H and O–H groups in total. The first kappa shape index (κ1) is 19.4. The molecule has 1 atom stereocenters. The number of likely N-dealkylation sites (N-methyl/N-ethyl adjacent to an activating group) is 1. The summed E-state index contributed by atoms with van der Waals surface area (Å²) in [6.07, 6.45) is 0.363. The van der Waals surface area contributed by atoms with E-state index in [9.17, 15) is 13.5 Å². The van der Waals surface area contributed by atoms with E-state index in [0.717, 1.165) is 5.56 Å². The number of ether oxygens (including phenoxy) is 1. The van der Waals surface area contributed by atoms with Crippen LogP contribution in [0.25, 0.3) is 0 Å². The van der Waals surface area contributed by atoms with E-state index >= 15 is 0 Å². The van der Waals surface area contributed by atoms with Gasteiger partial charge in [0.2, 0.25) is 10.0 Å². The number of methoxy groups -OCH3 is 1. The van der Waals surface area contributed by atoms with Gasteiger partial charge in [0, 0.05) is 13.6 Å². The van der Waals surface area contributed by atoms with Crippen LogP contribution >= 0.6 is 0 Å². The van der Waals surface area contributed by atoms with Crippen molar-refractivity contribution >= 4 is 10.0 Å². The molecular weight excluding hydrogens is 338 g/mol. The molecule has 6 heteroatoms. The van der Waals surface area contributed by atoms with Gasteiger partial charge in [0.25, 0.3) is 0 Å². The third kappa shape index (κ3) is 5.85. The number of nitrogens with zero attached hydrogens (tertiary/aromatic N) is 1. The van der Waals surface area contributed by atoms with Crippen LogP contribution in [0.2, 0.25) is 0 Å². The molecule has 2 aromatic rings. The highest BCUT2D eigenvalue weighted by Crippen LogP contribution is 2.20. The molecule has 0 amide bonds. The molecule has 0 aliphatic carbocycles. The van der Waals surface area contributed by atoms with Crippen molar-refractivity contribution in [1.29, 1.82) is 0 Å². The van der Waals surface area contributed by atoms with Gasteiger partial charge >= 0.3 is 0 Å². The average molecular weight is 363 g/mol. The summed E-state index contributed by atoms with van der Waals surface area (Å²) >= 11 is 0. The Morgan fingerprint density at radius 2 is 1.84 bits per heavy atom. The highest BCUT2D eigenvalue weighted by atomic mass is 32.2. The van der Waals surface area contributed by atoms with Gasteiger partial charge in [-0.3, -0.25) is 0 Å². The van der Waals surface area contributed by atoms with Gasteiger partial charge in [0.1, 0.15) is 5.75 Å². The van der Waals surface area contributed by atoms with Crippen LogP contribution in [-0.2, 0) is 16.4 Å². The largest absolute Gasteiger partial charge is 0.497 e. The van der Waals surface area contributed by atoms with Gasteiger partial charge < -0.3 is 9.84 Å². The molecule has 136 valence electrons. The molecule has 5 nitrogen and oxygen atoms in total. The predicted octanol–water partition coefficient (Wildman–Crippen LogP) is 2.62. The van der Waals surface area contributed by atoms with Crippen molar-refractivity contribution in [2.75, 3.05) is 26.5 Å². The minimum Gasteiger partial charge on any atom is -0.497 e. The zero-order valence-electron chi connectivity index (χ0n) is 14.6. The highest BCUT2D eigenvalue weighted by molar-refractivity contribution is 7.89. The highest BCUT2D eigenvalue weighted by Gasteiger charge is 2.21. The first-order valence-electron chi connectivity index (χ1n) is 8.22. The van der Waals surface area contributed by atoms with Crippen molar-refractivity contribution in [3.05, 3.63) is 65.7 Å². The molecule has 0 radical (unpaired) electrons. The Kier molecular flexibility index (Phi) is 6.99. The third-order valence-corrected chi connectivity index (χ3v) is 6.00. The Morgan fingerprint density at radius 3 is 2.52 bits per heavy atom. The van der Waals surface area contributed by atoms with Crippen LogP contribution in [0.15, 0.2) is 54.6 Å². The molecule has 2 rings (SSSR count). The summed E-state index contributed by atoms with van der Waals surface area (Å²) in [5.41, 5.74) is 1.75. The van der Waals surface area contributed by atoms with Gasteiger partial charge in [-0.25, -0.2) is 12.7 Å². The van der Waals surface area contributed by atoms with Crippen LogP contribution < -0.4 is 4.74 Å². The summed E-state index contributed by atoms with van der Waals surface area (Å²) in [7, 11) is -0.355. The Labute approximate surface area is 149 Å². The molecule has 0 spiro atoms. The Bertz CT molecular complexity index is 762. The van der Waals surface area contributed by atoms with Gasteiger partial charge in [0.05, 0.1) is 19.0 Å². The van der Waals surface area contributed by atoms with Crippen LogP contribution in [0.5, 0.6) is 5.75 Å². The van der Waals surface area contributed by atoms with Gasteiger partial charge in [-0.15, -0.1) is 0 Å². The lowest BCUT2D eigenvalue weighted by Gasteiger charge is -2.21.